The van der Waals surface area contributed by atoms with Crippen molar-refractivity contribution in [3.05, 3.63) is 303 Å². The lowest BCUT2D eigenvalue weighted by molar-refractivity contribution is 0.669. The molecule has 2 nitrogen and oxygen atoms in total. The van der Waals surface area contributed by atoms with E-state index in [-0.39, 0.29) is 0 Å². The van der Waals surface area contributed by atoms with Crippen LogP contribution in [0.25, 0.3) is 186 Å². The Labute approximate surface area is 495 Å². The number of para-hydroxylation sites is 2. The Bertz CT molecular complexity index is 5730. The minimum absolute atomic E-state index is 0.859. The average Bonchev–Trinajstić information content (AvgIpc) is 1.20. The zero-order valence-corrected chi connectivity index (χ0v) is 46.7. The van der Waals surface area contributed by atoms with E-state index in [1.54, 1.807) is 0 Å². The highest BCUT2D eigenvalue weighted by molar-refractivity contribution is 6.26. The average molecular weight is 1090 g/mol. The van der Waals surface area contributed by atoms with Gasteiger partial charge in [0, 0.05) is 32.7 Å². The number of hydrogen-bond acceptors (Lipinski definition) is 2. The number of hydrogen-bond donors (Lipinski definition) is 0. The number of rotatable bonds is 7. The predicted molar refractivity (Wildman–Crippen MR) is 364 cm³/mol. The molecule has 0 atom stereocenters. The minimum Gasteiger partial charge on any atom is -0.456 e. The van der Waals surface area contributed by atoms with Crippen LogP contribution in [0, 0.1) is 0 Å². The highest BCUT2D eigenvalue weighted by atomic mass is 16.3. The Morgan fingerprint density at radius 2 is 0.605 bits per heavy atom. The van der Waals surface area contributed by atoms with E-state index in [4.69, 9.17) is 8.83 Å². The van der Waals surface area contributed by atoms with Gasteiger partial charge in [-0.25, -0.2) is 0 Å². The van der Waals surface area contributed by atoms with Crippen molar-refractivity contribution >= 4 is 109 Å². The molecular weight excluding hydrogens is 1040 g/mol. The molecule has 0 bridgehead atoms. The lowest BCUT2D eigenvalue weighted by Crippen LogP contribution is -1.93. The van der Waals surface area contributed by atoms with Crippen molar-refractivity contribution in [2.45, 2.75) is 0 Å². The topological polar surface area (TPSA) is 26.3 Å². The second-order valence-electron chi connectivity index (χ2n) is 22.9. The minimum atomic E-state index is 0.859. The first-order valence-corrected chi connectivity index (χ1v) is 29.6. The highest BCUT2D eigenvalue weighted by Crippen LogP contribution is 2.51. The molecule has 2 heterocycles. The Kier molecular flexibility index (Phi) is 10.7. The summed E-state index contributed by atoms with van der Waals surface area (Å²) >= 11 is 0. The molecule has 0 unspecified atom stereocenters. The standard InChI is InChI=1S/C84H50O2/c1-3-25-58-51(20-1)22-18-38-59(58)54-23-17-24-55(46-54)80-67-32-9-13-36-71(67)83(72-37-14-10-33-68(72)80)74-40-19-39-73-76-48-52(43-45-78(76)86-84(73)74)57-47-53-21-2-4-26-60(53)75(49-57)61-27-5-6-29-64(61)82-69-34-11-7-30-65(69)81(66-31-8-12-35-70(66)82)56-42-44-63-62-28-15-16-41-77(62)85-79(63)50-56/h1-50H. The fourth-order valence-corrected chi connectivity index (χ4v) is 14.5. The third-order valence-electron chi connectivity index (χ3n) is 18.2. The van der Waals surface area contributed by atoms with Crippen LogP contribution in [0.2, 0.25) is 0 Å². The van der Waals surface area contributed by atoms with E-state index in [1.807, 2.05) is 6.07 Å². The SMILES string of the molecule is c1cc(-c2cccc3ccccc23)cc(-c2c3ccccc3c(-c3cccc4c3oc3ccc(-c5cc(-c6ccccc6-c6c7ccccc7c(-c7ccc8c(c7)oc7ccccc78)c7ccccc67)c6ccccc6c5)cc34)c3ccccc23)c1. The van der Waals surface area contributed by atoms with E-state index in [0.717, 1.165) is 66.1 Å². The maximum absolute atomic E-state index is 7.10. The summed E-state index contributed by atoms with van der Waals surface area (Å²) in [4.78, 5) is 0. The van der Waals surface area contributed by atoms with Crippen molar-refractivity contribution in [1.82, 2.24) is 0 Å². The summed E-state index contributed by atoms with van der Waals surface area (Å²) in [5, 5.41) is 18.9. The molecule has 18 aromatic rings. The summed E-state index contributed by atoms with van der Waals surface area (Å²) in [5.74, 6) is 0. The molecule has 86 heavy (non-hydrogen) atoms. The zero-order chi connectivity index (χ0) is 56.4. The molecule has 0 aliphatic carbocycles. The van der Waals surface area contributed by atoms with Crippen molar-refractivity contribution in [2.24, 2.45) is 0 Å². The van der Waals surface area contributed by atoms with Crippen LogP contribution in [0.1, 0.15) is 0 Å². The van der Waals surface area contributed by atoms with Gasteiger partial charge >= 0.3 is 0 Å². The molecular formula is C84H50O2. The second kappa shape index (κ2) is 19.1. The molecule has 0 radical (unpaired) electrons. The van der Waals surface area contributed by atoms with E-state index in [9.17, 15) is 0 Å². The quantitative estimate of drug-likeness (QED) is 0.149. The van der Waals surface area contributed by atoms with E-state index in [0.29, 0.717) is 0 Å². The molecule has 2 heteroatoms. The molecule has 0 aliphatic rings. The molecule has 0 fully saturated rings. The van der Waals surface area contributed by atoms with Gasteiger partial charge in [-0.05, 0) is 180 Å². The Morgan fingerprint density at radius 3 is 1.29 bits per heavy atom. The molecule has 18 rings (SSSR count). The van der Waals surface area contributed by atoms with E-state index in [1.165, 1.54) is 120 Å². The lowest BCUT2D eigenvalue weighted by Gasteiger charge is -2.20. The first-order chi connectivity index (χ1) is 42.7. The van der Waals surface area contributed by atoms with Gasteiger partial charge in [0.1, 0.15) is 22.3 Å². The van der Waals surface area contributed by atoms with E-state index >= 15 is 0 Å². The van der Waals surface area contributed by atoms with E-state index < -0.39 is 0 Å². The molecule has 0 N–H and O–H groups in total. The first-order valence-electron chi connectivity index (χ1n) is 29.6. The van der Waals surface area contributed by atoms with Crippen molar-refractivity contribution in [2.75, 3.05) is 0 Å². The van der Waals surface area contributed by atoms with Gasteiger partial charge in [-0.1, -0.05) is 255 Å². The summed E-state index contributed by atoms with van der Waals surface area (Å²) in [5.41, 5.74) is 20.0. The lowest BCUT2D eigenvalue weighted by atomic mass is 9.82. The van der Waals surface area contributed by atoms with Crippen LogP contribution in [0.3, 0.4) is 0 Å². The monoisotopic (exact) mass is 1090 g/mol. The number of fused-ring (bicyclic) bond motifs is 12. The Hall–Kier alpha value is -11.3. The molecule has 0 saturated carbocycles. The van der Waals surface area contributed by atoms with Crippen LogP contribution in [-0.4, -0.2) is 0 Å². The van der Waals surface area contributed by atoms with Crippen molar-refractivity contribution in [3.63, 3.8) is 0 Å². The third kappa shape index (κ3) is 7.40. The fraction of sp³-hybridized carbons (Fsp3) is 0. The molecule has 0 aliphatic heterocycles. The number of benzene rings is 16. The molecule has 0 spiro atoms. The van der Waals surface area contributed by atoms with Gasteiger partial charge < -0.3 is 8.83 Å². The van der Waals surface area contributed by atoms with Crippen LogP contribution in [0.5, 0.6) is 0 Å². The summed E-state index contributed by atoms with van der Waals surface area (Å²) in [7, 11) is 0. The third-order valence-corrected chi connectivity index (χ3v) is 18.2. The molecule has 16 aromatic carbocycles. The van der Waals surface area contributed by atoms with E-state index in [2.05, 4.69) is 297 Å². The summed E-state index contributed by atoms with van der Waals surface area (Å²) in [6.45, 7) is 0. The maximum Gasteiger partial charge on any atom is 0.143 e. The Balaban J connectivity index is 0.783. The van der Waals surface area contributed by atoms with Crippen LogP contribution >= 0.6 is 0 Å². The summed E-state index contributed by atoms with van der Waals surface area (Å²) in [6.07, 6.45) is 0. The Morgan fingerprint density at radius 1 is 0.163 bits per heavy atom. The van der Waals surface area contributed by atoms with Crippen LogP contribution in [0.4, 0.5) is 0 Å². The normalized spacial score (nSPS) is 12.0. The van der Waals surface area contributed by atoms with Gasteiger partial charge in [0.15, 0.2) is 0 Å². The predicted octanol–water partition coefficient (Wildman–Crippen LogP) is 24.1. The molecule has 2 aromatic heterocycles. The van der Waals surface area contributed by atoms with Crippen molar-refractivity contribution < 1.29 is 8.83 Å². The first kappa shape index (κ1) is 48.2. The van der Waals surface area contributed by atoms with Gasteiger partial charge in [-0.3, -0.25) is 0 Å². The largest absolute Gasteiger partial charge is 0.456 e. The van der Waals surface area contributed by atoms with Gasteiger partial charge in [0.05, 0.1) is 0 Å². The molecule has 0 saturated heterocycles. The van der Waals surface area contributed by atoms with Crippen molar-refractivity contribution in [1.29, 1.82) is 0 Å². The highest BCUT2D eigenvalue weighted by Gasteiger charge is 2.24. The zero-order valence-electron chi connectivity index (χ0n) is 46.7. The number of furan rings is 2. The van der Waals surface area contributed by atoms with Gasteiger partial charge in [0.25, 0.3) is 0 Å². The van der Waals surface area contributed by atoms with Crippen LogP contribution < -0.4 is 0 Å². The van der Waals surface area contributed by atoms with Gasteiger partial charge in [-0.2, -0.15) is 0 Å². The molecule has 398 valence electrons. The second-order valence-corrected chi connectivity index (χ2v) is 22.9. The van der Waals surface area contributed by atoms with Gasteiger partial charge in [0.2, 0.25) is 0 Å². The smallest absolute Gasteiger partial charge is 0.143 e. The summed E-state index contributed by atoms with van der Waals surface area (Å²) < 4.78 is 13.6. The van der Waals surface area contributed by atoms with Crippen LogP contribution in [-0.2, 0) is 0 Å². The maximum atomic E-state index is 7.10. The van der Waals surface area contributed by atoms with Crippen molar-refractivity contribution in [3.8, 4) is 77.9 Å². The van der Waals surface area contributed by atoms with Gasteiger partial charge in [-0.15, -0.1) is 0 Å². The summed E-state index contributed by atoms with van der Waals surface area (Å²) in [6, 6.07) is 111. The van der Waals surface area contributed by atoms with Crippen LogP contribution in [0.15, 0.2) is 312 Å². The fourth-order valence-electron chi connectivity index (χ4n) is 14.5. The molecule has 0 amide bonds.